The number of ether oxygens (including phenoxy) is 1. The summed E-state index contributed by atoms with van der Waals surface area (Å²) < 4.78 is 5.30. The van der Waals surface area contributed by atoms with Crippen LogP contribution in [0.4, 0.5) is 0 Å². The number of rotatable bonds is 3. The Morgan fingerprint density at radius 1 is 1.58 bits per heavy atom. The third-order valence-electron chi connectivity index (χ3n) is 4.01. The summed E-state index contributed by atoms with van der Waals surface area (Å²) in [5.74, 6) is 1.20. The van der Waals surface area contributed by atoms with E-state index < -0.39 is 10.7 Å². The summed E-state index contributed by atoms with van der Waals surface area (Å²) in [4.78, 5) is 11.6. The number of benzene rings is 1. The molecule has 2 aliphatic heterocycles. The van der Waals surface area contributed by atoms with E-state index in [1.54, 1.807) is 11.8 Å². The Bertz CT molecular complexity index is 506. The standard InChI is InChI=1S/C15H18O3S/c1-10-3-4-13-11(7-10)8-12(18-13)9-15(14(16)17)5-2-6-19-15/h3-4,7,12H,2,5-6,8-9H2,1H3,(H,16,17). The second-order valence-electron chi connectivity index (χ2n) is 5.51. The van der Waals surface area contributed by atoms with E-state index in [9.17, 15) is 9.90 Å². The lowest BCUT2D eigenvalue weighted by atomic mass is 9.94. The Morgan fingerprint density at radius 2 is 2.42 bits per heavy atom. The molecule has 2 unspecified atom stereocenters. The van der Waals surface area contributed by atoms with Crippen molar-refractivity contribution in [3.8, 4) is 5.75 Å². The van der Waals surface area contributed by atoms with Crippen LogP contribution < -0.4 is 4.74 Å². The quantitative estimate of drug-likeness (QED) is 0.923. The molecule has 2 atom stereocenters. The van der Waals surface area contributed by atoms with Crippen LogP contribution in [0.1, 0.15) is 30.4 Å². The summed E-state index contributed by atoms with van der Waals surface area (Å²) in [6, 6.07) is 6.18. The molecular formula is C15H18O3S. The molecule has 3 nitrogen and oxygen atoms in total. The Morgan fingerprint density at radius 3 is 3.11 bits per heavy atom. The molecule has 1 N–H and O–H groups in total. The molecule has 1 saturated heterocycles. The Balaban J connectivity index is 1.74. The van der Waals surface area contributed by atoms with Crippen LogP contribution in [0.5, 0.6) is 5.75 Å². The maximum absolute atomic E-state index is 11.6. The number of hydrogen-bond donors (Lipinski definition) is 1. The van der Waals surface area contributed by atoms with Gasteiger partial charge in [-0.15, -0.1) is 11.8 Å². The Labute approximate surface area is 117 Å². The third-order valence-corrected chi connectivity index (χ3v) is 5.60. The normalized spacial score (nSPS) is 29.0. The number of carbonyl (C=O) groups is 1. The molecule has 4 heteroatoms. The minimum Gasteiger partial charge on any atom is -0.490 e. The van der Waals surface area contributed by atoms with Gasteiger partial charge in [0, 0.05) is 12.8 Å². The van der Waals surface area contributed by atoms with Crippen molar-refractivity contribution in [2.24, 2.45) is 0 Å². The van der Waals surface area contributed by atoms with Crippen LogP contribution in [-0.4, -0.2) is 27.7 Å². The molecule has 0 saturated carbocycles. The fraction of sp³-hybridized carbons (Fsp3) is 0.533. The van der Waals surface area contributed by atoms with Crippen LogP contribution in [0.2, 0.25) is 0 Å². The molecular weight excluding hydrogens is 260 g/mol. The van der Waals surface area contributed by atoms with Gasteiger partial charge in [0.15, 0.2) is 0 Å². The van der Waals surface area contributed by atoms with Gasteiger partial charge in [-0.25, -0.2) is 0 Å². The van der Waals surface area contributed by atoms with Crippen molar-refractivity contribution >= 4 is 17.7 Å². The molecule has 0 radical (unpaired) electrons. The molecule has 0 spiro atoms. The number of carboxylic acid groups (broad SMARTS) is 1. The smallest absolute Gasteiger partial charge is 0.319 e. The van der Waals surface area contributed by atoms with E-state index in [0.717, 1.165) is 30.8 Å². The van der Waals surface area contributed by atoms with Gasteiger partial charge in [-0.05, 0) is 37.1 Å². The number of hydrogen-bond acceptors (Lipinski definition) is 3. The van der Waals surface area contributed by atoms with Gasteiger partial charge in [-0.3, -0.25) is 4.79 Å². The maximum atomic E-state index is 11.6. The van der Waals surface area contributed by atoms with Gasteiger partial charge < -0.3 is 9.84 Å². The highest BCUT2D eigenvalue weighted by Crippen LogP contribution is 2.44. The van der Waals surface area contributed by atoms with Crippen molar-refractivity contribution in [2.75, 3.05) is 5.75 Å². The molecule has 3 rings (SSSR count). The van der Waals surface area contributed by atoms with E-state index >= 15 is 0 Å². The first-order valence-electron chi connectivity index (χ1n) is 6.73. The van der Waals surface area contributed by atoms with E-state index in [4.69, 9.17) is 4.74 Å². The van der Waals surface area contributed by atoms with Crippen molar-refractivity contribution < 1.29 is 14.6 Å². The van der Waals surface area contributed by atoms with Crippen LogP contribution >= 0.6 is 11.8 Å². The fourth-order valence-electron chi connectivity index (χ4n) is 3.05. The zero-order valence-corrected chi connectivity index (χ0v) is 11.8. The summed E-state index contributed by atoms with van der Waals surface area (Å²) >= 11 is 1.59. The number of fused-ring (bicyclic) bond motifs is 1. The molecule has 1 fully saturated rings. The molecule has 0 bridgehead atoms. The molecule has 2 heterocycles. The largest absolute Gasteiger partial charge is 0.490 e. The summed E-state index contributed by atoms with van der Waals surface area (Å²) in [5, 5.41) is 9.51. The van der Waals surface area contributed by atoms with E-state index in [1.165, 1.54) is 11.1 Å². The van der Waals surface area contributed by atoms with Crippen LogP contribution in [0.25, 0.3) is 0 Å². The van der Waals surface area contributed by atoms with Crippen LogP contribution in [0.15, 0.2) is 18.2 Å². The third kappa shape index (κ3) is 2.34. The van der Waals surface area contributed by atoms with Crippen molar-refractivity contribution in [3.05, 3.63) is 29.3 Å². The topological polar surface area (TPSA) is 46.5 Å². The maximum Gasteiger partial charge on any atom is 0.319 e. The second-order valence-corrected chi connectivity index (χ2v) is 6.99. The van der Waals surface area contributed by atoms with Crippen molar-refractivity contribution in [1.82, 2.24) is 0 Å². The lowest BCUT2D eigenvalue weighted by Gasteiger charge is -2.25. The molecule has 0 aliphatic carbocycles. The van der Waals surface area contributed by atoms with Gasteiger partial charge in [0.2, 0.25) is 0 Å². The van der Waals surface area contributed by atoms with Crippen LogP contribution in [-0.2, 0) is 11.2 Å². The first-order valence-corrected chi connectivity index (χ1v) is 7.71. The van der Waals surface area contributed by atoms with Crippen LogP contribution in [0.3, 0.4) is 0 Å². The predicted molar refractivity (Wildman–Crippen MR) is 76.0 cm³/mol. The van der Waals surface area contributed by atoms with Gasteiger partial charge in [0.05, 0.1) is 0 Å². The van der Waals surface area contributed by atoms with Gasteiger partial charge in [-0.1, -0.05) is 17.7 Å². The molecule has 19 heavy (non-hydrogen) atoms. The van der Waals surface area contributed by atoms with Gasteiger partial charge in [0.25, 0.3) is 0 Å². The lowest BCUT2D eigenvalue weighted by Crippen LogP contribution is -2.37. The Hall–Kier alpha value is -1.16. The summed E-state index contributed by atoms with van der Waals surface area (Å²) in [6.45, 7) is 2.07. The number of carboxylic acids is 1. The fourth-order valence-corrected chi connectivity index (χ4v) is 4.44. The average Bonchev–Trinajstić information content (AvgIpc) is 2.96. The van der Waals surface area contributed by atoms with Crippen LogP contribution in [0, 0.1) is 6.92 Å². The molecule has 2 aliphatic rings. The monoisotopic (exact) mass is 278 g/mol. The number of aryl methyl sites for hydroxylation is 1. The van der Waals surface area contributed by atoms with E-state index in [0.29, 0.717) is 6.42 Å². The highest BCUT2D eigenvalue weighted by atomic mass is 32.2. The summed E-state index contributed by atoms with van der Waals surface area (Å²) in [5.41, 5.74) is 2.44. The predicted octanol–water partition coefficient (Wildman–Crippen LogP) is 3.04. The molecule has 1 aromatic carbocycles. The molecule has 102 valence electrons. The van der Waals surface area contributed by atoms with Crippen molar-refractivity contribution in [1.29, 1.82) is 0 Å². The van der Waals surface area contributed by atoms with E-state index in [-0.39, 0.29) is 6.10 Å². The highest BCUT2D eigenvalue weighted by Gasteiger charge is 2.45. The zero-order valence-electron chi connectivity index (χ0n) is 11.0. The Kier molecular flexibility index (Phi) is 3.21. The SMILES string of the molecule is Cc1ccc2c(c1)CC(CC1(C(=O)O)CCCS1)O2. The molecule has 0 amide bonds. The van der Waals surface area contributed by atoms with Gasteiger partial charge in [0.1, 0.15) is 16.6 Å². The zero-order chi connectivity index (χ0) is 13.5. The van der Waals surface area contributed by atoms with Gasteiger partial charge in [-0.2, -0.15) is 0 Å². The van der Waals surface area contributed by atoms with Crippen molar-refractivity contribution in [2.45, 2.75) is 43.5 Å². The van der Waals surface area contributed by atoms with E-state index in [2.05, 4.69) is 13.0 Å². The number of aliphatic carboxylic acids is 1. The van der Waals surface area contributed by atoms with Gasteiger partial charge >= 0.3 is 5.97 Å². The van der Waals surface area contributed by atoms with E-state index in [1.807, 2.05) is 12.1 Å². The minimum absolute atomic E-state index is 0.0125. The second kappa shape index (κ2) is 4.75. The molecule has 1 aromatic rings. The average molecular weight is 278 g/mol. The number of thioether (sulfide) groups is 1. The first-order chi connectivity index (χ1) is 9.09. The lowest BCUT2D eigenvalue weighted by molar-refractivity contribution is -0.140. The van der Waals surface area contributed by atoms with Crippen molar-refractivity contribution in [3.63, 3.8) is 0 Å². The first kappa shape index (κ1) is 12.9. The molecule has 0 aromatic heterocycles. The highest BCUT2D eigenvalue weighted by molar-refractivity contribution is 8.01. The summed E-state index contributed by atoms with van der Waals surface area (Å²) in [6.07, 6.45) is 3.23. The summed E-state index contributed by atoms with van der Waals surface area (Å²) in [7, 11) is 0. The minimum atomic E-state index is -0.675.